The fraction of sp³-hybridized carbons (Fsp3) is 0.538. The van der Waals surface area contributed by atoms with E-state index in [1.807, 2.05) is 6.07 Å². The summed E-state index contributed by atoms with van der Waals surface area (Å²) in [6, 6.07) is 6.94. The Morgan fingerprint density at radius 2 is 2.33 bits per heavy atom. The third-order valence-electron chi connectivity index (χ3n) is 3.20. The van der Waals surface area contributed by atoms with Crippen LogP contribution in [0.1, 0.15) is 30.9 Å². The second-order valence-electron chi connectivity index (χ2n) is 4.38. The highest BCUT2D eigenvalue weighted by Gasteiger charge is 2.18. The van der Waals surface area contributed by atoms with Crippen molar-refractivity contribution in [3.05, 3.63) is 29.3 Å². The van der Waals surface area contributed by atoms with E-state index < -0.39 is 0 Å². The van der Waals surface area contributed by atoms with E-state index >= 15 is 0 Å². The molecule has 1 unspecified atom stereocenters. The predicted molar refractivity (Wildman–Crippen MR) is 65.0 cm³/mol. The van der Waals surface area contributed by atoms with Crippen molar-refractivity contribution in [3.8, 4) is 0 Å². The van der Waals surface area contributed by atoms with Crippen LogP contribution in [-0.2, 0) is 12.8 Å². The summed E-state index contributed by atoms with van der Waals surface area (Å²) in [6.07, 6.45) is 4.70. The Bertz CT molecular complexity index is 333. The van der Waals surface area contributed by atoms with Crippen molar-refractivity contribution < 1.29 is 0 Å². The molecule has 0 fully saturated rings. The molecule has 15 heavy (non-hydrogen) atoms. The van der Waals surface area contributed by atoms with Gasteiger partial charge in [-0.25, -0.2) is 0 Å². The molecular formula is C13H20N2. The highest BCUT2D eigenvalue weighted by atomic mass is 14.9. The van der Waals surface area contributed by atoms with Crippen LogP contribution in [0.15, 0.2) is 18.2 Å². The highest BCUT2D eigenvalue weighted by molar-refractivity contribution is 5.52. The Kier molecular flexibility index (Phi) is 3.27. The molecule has 82 valence electrons. The van der Waals surface area contributed by atoms with Gasteiger partial charge in [-0.3, -0.25) is 0 Å². The van der Waals surface area contributed by atoms with Gasteiger partial charge < -0.3 is 11.1 Å². The molecule has 2 heteroatoms. The lowest BCUT2D eigenvalue weighted by atomic mass is 9.87. The Morgan fingerprint density at radius 1 is 1.47 bits per heavy atom. The first-order valence-corrected chi connectivity index (χ1v) is 5.91. The van der Waals surface area contributed by atoms with Crippen molar-refractivity contribution in [3.63, 3.8) is 0 Å². The first-order chi connectivity index (χ1) is 7.31. The average Bonchev–Trinajstić information content (AvgIpc) is 2.26. The van der Waals surface area contributed by atoms with Crippen molar-refractivity contribution in [1.82, 2.24) is 5.32 Å². The summed E-state index contributed by atoms with van der Waals surface area (Å²) >= 11 is 0. The molecule has 0 radical (unpaired) electrons. The van der Waals surface area contributed by atoms with Crippen LogP contribution in [0.25, 0.3) is 0 Å². The smallest absolute Gasteiger partial charge is 0.0349 e. The minimum atomic E-state index is 0.652. The lowest BCUT2D eigenvalue weighted by Crippen LogP contribution is -2.35. The van der Waals surface area contributed by atoms with Crippen molar-refractivity contribution in [2.45, 2.75) is 38.6 Å². The number of nitrogens with two attached hydrogens (primary N) is 1. The minimum absolute atomic E-state index is 0.652. The molecule has 1 atom stereocenters. The van der Waals surface area contributed by atoms with Gasteiger partial charge in [0.15, 0.2) is 0 Å². The number of hydrogen-bond donors (Lipinski definition) is 2. The Balaban J connectivity index is 2.07. The molecule has 0 heterocycles. The van der Waals surface area contributed by atoms with Crippen LogP contribution in [0.3, 0.4) is 0 Å². The summed E-state index contributed by atoms with van der Waals surface area (Å²) in [5, 5.41) is 3.59. The molecule has 2 nitrogen and oxygen atoms in total. The first-order valence-electron chi connectivity index (χ1n) is 5.91. The molecule has 0 saturated heterocycles. The zero-order valence-electron chi connectivity index (χ0n) is 9.42. The van der Waals surface area contributed by atoms with Crippen LogP contribution in [0.5, 0.6) is 0 Å². The maximum absolute atomic E-state index is 5.97. The molecule has 1 aromatic carbocycles. The predicted octanol–water partition coefficient (Wildman–Crippen LogP) is 2.13. The maximum Gasteiger partial charge on any atom is 0.0349 e. The molecule has 0 aromatic heterocycles. The first kappa shape index (κ1) is 10.5. The largest absolute Gasteiger partial charge is 0.398 e. The molecule has 3 N–H and O–H groups in total. The van der Waals surface area contributed by atoms with Gasteiger partial charge in [0.2, 0.25) is 0 Å². The van der Waals surface area contributed by atoms with Crippen LogP contribution in [-0.4, -0.2) is 12.6 Å². The van der Waals surface area contributed by atoms with E-state index in [1.165, 1.54) is 24.0 Å². The number of hydrogen-bond acceptors (Lipinski definition) is 2. The second kappa shape index (κ2) is 4.67. The topological polar surface area (TPSA) is 38.0 Å². The Hall–Kier alpha value is -1.02. The summed E-state index contributed by atoms with van der Waals surface area (Å²) in [4.78, 5) is 0. The van der Waals surface area contributed by atoms with Gasteiger partial charge in [0, 0.05) is 11.7 Å². The van der Waals surface area contributed by atoms with E-state index in [0.717, 1.165) is 25.1 Å². The molecule has 0 amide bonds. The monoisotopic (exact) mass is 204 g/mol. The molecule has 0 bridgehead atoms. The molecule has 0 spiro atoms. The van der Waals surface area contributed by atoms with Gasteiger partial charge in [-0.1, -0.05) is 19.1 Å². The molecule has 1 aliphatic carbocycles. The molecular weight excluding hydrogens is 184 g/mol. The van der Waals surface area contributed by atoms with Gasteiger partial charge in [0.25, 0.3) is 0 Å². The summed E-state index contributed by atoms with van der Waals surface area (Å²) in [6.45, 7) is 3.34. The van der Waals surface area contributed by atoms with E-state index in [-0.39, 0.29) is 0 Å². The van der Waals surface area contributed by atoms with E-state index in [1.54, 1.807) is 0 Å². The van der Waals surface area contributed by atoms with Gasteiger partial charge in [-0.2, -0.15) is 0 Å². The minimum Gasteiger partial charge on any atom is -0.398 e. The maximum atomic E-state index is 5.97. The summed E-state index contributed by atoms with van der Waals surface area (Å²) in [5.74, 6) is 0. The molecule has 0 saturated carbocycles. The standard InChI is InChI=1S/C13H20N2/c1-2-8-15-11-6-7-12-10(9-11)4-3-5-13(12)14/h3-5,11,15H,2,6-9,14H2,1H3. The average molecular weight is 204 g/mol. The Morgan fingerprint density at radius 3 is 3.13 bits per heavy atom. The van der Waals surface area contributed by atoms with Gasteiger partial charge in [-0.05, 0) is 49.4 Å². The molecule has 1 aromatic rings. The zero-order valence-corrected chi connectivity index (χ0v) is 9.42. The van der Waals surface area contributed by atoms with Gasteiger partial charge in [0.1, 0.15) is 0 Å². The fourth-order valence-electron chi connectivity index (χ4n) is 2.36. The summed E-state index contributed by atoms with van der Waals surface area (Å²) in [7, 11) is 0. The van der Waals surface area contributed by atoms with Gasteiger partial charge in [0.05, 0.1) is 0 Å². The van der Waals surface area contributed by atoms with E-state index in [4.69, 9.17) is 5.73 Å². The van der Waals surface area contributed by atoms with Gasteiger partial charge in [-0.15, -0.1) is 0 Å². The van der Waals surface area contributed by atoms with Crippen molar-refractivity contribution in [2.24, 2.45) is 0 Å². The second-order valence-corrected chi connectivity index (χ2v) is 4.38. The number of nitrogen functional groups attached to an aromatic ring is 1. The zero-order chi connectivity index (χ0) is 10.7. The van der Waals surface area contributed by atoms with Crippen LogP contribution in [0.4, 0.5) is 5.69 Å². The molecule has 1 aliphatic rings. The van der Waals surface area contributed by atoms with Crippen molar-refractivity contribution in [1.29, 1.82) is 0 Å². The van der Waals surface area contributed by atoms with E-state index in [2.05, 4.69) is 24.4 Å². The summed E-state index contributed by atoms with van der Waals surface area (Å²) in [5.41, 5.74) is 9.76. The Labute approximate surface area is 91.9 Å². The lowest BCUT2D eigenvalue weighted by Gasteiger charge is -2.26. The van der Waals surface area contributed by atoms with Crippen LogP contribution < -0.4 is 11.1 Å². The number of anilines is 1. The number of nitrogens with one attached hydrogen (secondary N) is 1. The third-order valence-corrected chi connectivity index (χ3v) is 3.20. The molecule has 0 aliphatic heterocycles. The highest BCUT2D eigenvalue weighted by Crippen LogP contribution is 2.25. The lowest BCUT2D eigenvalue weighted by molar-refractivity contribution is 0.459. The quantitative estimate of drug-likeness (QED) is 0.740. The third kappa shape index (κ3) is 2.32. The molecule has 2 rings (SSSR count). The number of benzene rings is 1. The van der Waals surface area contributed by atoms with E-state index in [9.17, 15) is 0 Å². The van der Waals surface area contributed by atoms with Crippen molar-refractivity contribution in [2.75, 3.05) is 12.3 Å². The van der Waals surface area contributed by atoms with Crippen LogP contribution >= 0.6 is 0 Å². The number of rotatable bonds is 3. The SMILES string of the molecule is CCCNC1CCc2c(N)cccc2C1. The van der Waals surface area contributed by atoms with E-state index in [0.29, 0.717) is 6.04 Å². The van der Waals surface area contributed by atoms with Crippen molar-refractivity contribution >= 4 is 5.69 Å². The summed E-state index contributed by atoms with van der Waals surface area (Å²) < 4.78 is 0. The normalized spacial score (nSPS) is 19.9. The van der Waals surface area contributed by atoms with Crippen LogP contribution in [0.2, 0.25) is 0 Å². The van der Waals surface area contributed by atoms with Gasteiger partial charge >= 0.3 is 0 Å². The van der Waals surface area contributed by atoms with Crippen LogP contribution in [0, 0.1) is 0 Å². The number of fused-ring (bicyclic) bond motifs is 1. The fourth-order valence-corrected chi connectivity index (χ4v) is 2.36.